The third-order valence-corrected chi connectivity index (χ3v) is 13.8. The number of fused-ring (bicyclic) bond motifs is 15. The van der Waals surface area contributed by atoms with Crippen molar-refractivity contribution in [1.29, 1.82) is 0 Å². The third-order valence-electron chi connectivity index (χ3n) is 13.8. The van der Waals surface area contributed by atoms with Gasteiger partial charge < -0.3 is 22.5 Å². The Balaban J connectivity index is 0.889. The average molecular weight is 830 g/mol. The van der Waals surface area contributed by atoms with Crippen molar-refractivity contribution in [1.82, 2.24) is 13.7 Å². The van der Waals surface area contributed by atoms with Crippen molar-refractivity contribution < 1.29 is 8.83 Å². The Hall–Kier alpha value is -8.80. The molecule has 0 saturated heterocycles. The number of para-hydroxylation sites is 5. The van der Waals surface area contributed by atoms with E-state index >= 15 is 0 Å². The number of hydrogen-bond acceptors (Lipinski definition) is 2. The van der Waals surface area contributed by atoms with Gasteiger partial charge in [-0.1, -0.05) is 103 Å². The molecule has 15 aromatic rings. The van der Waals surface area contributed by atoms with Crippen molar-refractivity contribution in [3.05, 3.63) is 212 Å². The number of nitrogens with zero attached hydrogens (tertiary/aromatic N) is 3. The van der Waals surface area contributed by atoms with Gasteiger partial charge in [-0.2, -0.15) is 0 Å². The molecule has 0 N–H and O–H groups in total. The van der Waals surface area contributed by atoms with Gasteiger partial charge in [0, 0.05) is 70.9 Å². The molecule has 0 radical (unpaired) electrons. The summed E-state index contributed by atoms with van der Waals surface area (Å²) in [6.07, 6.45) is 0. The van der Waals surface area contributed by atoms with Gasteiger partial charge in [-0.3, -0.25) is 0 Å². The highest BCUT2D eigenvalue weighted by Crippen LogP contribution is 2.42. The van der Waals surface area contributed by atoms with Crippen LogP contribution in [0.5, 0.6) is 0 Å². The fraction of sp³-hybridized carbons (Fsp3) is 0. The standard InChI is InChI=1S/C60H35N3O2/c1-2-12-38(13-3-1)61-55-26-22-36(30-45(55)46-32-39(24-27-56(46)61)62-51-18-8-4-14-41(51)42-15-5-9-19-52(42)62)37-23-28-57-47(31-37)49-34-60-50(35-59(49)64-57)48-33-40(25-29-58(48)65-60)63-53-20-10-6-16-43(53)44-17-7-11-21-54(44)63/h1-35H. The highest BCUT2D eigenvalue weighted by molar-refractivity contribution is 6.17. The van der Waals surface area contributed by atoms with Crippen LogP contribution in [0.3, 0.4) is 0 Å². The Kier molecular flexibility index (Phi) is 6.89. The van der Waals surface area contributed by atoms with E-state index in [1.54, 1.807) is 0 Å². The molecular formula is C60H35N3O2. The number of hydrogen-bond donors (Lipinski definition) is 0. The summed E-state index contributed by atoms with van der Waals surface area (Å²) in [7, 11) is 0. The van der Waals surface area contributed by atoms with Crippen molar-refractivity contribution in [3.63, 3.8) is 0 Å². The maximum Gasteiger partial charge on any atom is 0.136 e. The summed E-state index contributed by atoms with van der Waals surface area (Å²) in [6.45, 7) is 0. The fourth-order valence-electron chi connectivity index (χ4n) is 10.9. The van der Waals surface area contributed by atoms with Gasteiger partial charge in [0.1, 0.15) is 22.3 Å². The first-order valence-corrected chi connectivity index (χ1v) is 22.2. The van der Waals surface area contributed by atoms with E-state index in [1.165, 1.54) is 59.9 Å². The minimum absolute atomic E-state index is 0.841. The van der Waals surface area contributed by atoms with Crippen LogP contribution < -0.4 is 0 Å². The van der Waals surface area contributed by atoms with Gasteiger partial charge in [0.15, 0.2) is 0 Å². The van der Waals surface area contributed by atoms with E-state index in [-0.39, 0.29) is 0 Å². The molecule has 0 aliphatic rings. The number of benzene rings is 10. The van der Waals surface area contributed by atoms with Crippen LogP contribution in [-0.2, 0) is 0 Å². The molecule has 0 atom stereocenters. The predicted octanol–water partition coefficient (Wildman–Crippen LogP) is 16.4. The first-order chi connectivity index (χ1) is 32.2. The van der Waals surface area contributed by atoms with E-state index in [1.807, 2.05) is 0 Å². The van der Waals surface area contributed by atoms with E-state index < -0.39 is 0 Å². The zero-order valence-electron chi connectivity index (χ0n) is 34.9. The first-order valence-electron chi connectivity index (χ1n) is 22.2. The minimum Gasteiger partial charge on any atom is -0.456 e. The summed E-state index contributed by atoms with van der Waals surface area (Å²) in [5.41, 5.74) is 16.1. The molecule has 0 fully saturated rings. The van der Waals surface area contributed by atoms with Crippen LogP contribution >= 0.6 is 0 Å². The van der Waals surface area contributed by atoms with Gasteiger partial charge in [0.25, 0.3) is 0 Å². The van der Waals surface area contributed by atoms with Gasteiger partial charge in [-0.25, -0.2) is 0 Å². The zero-order valence-corrected chi connectivity index (χ0v) is 34.9. The lowest BCUT2D eigenvalue weighted by Gasteiger charge is -2.10. The Morgan fingerprint density at radius 2 is 0.569 bits per heavy atom. The van der Waals surface area contributed by atoms with Crippen LogP contribution in [0.15, 0.2) is 221 Å². The van der Waals surface area contributed by atoms with Gasteiger partial charge >= 0.3 is 0 Å². The Labute approximate surface area is 370 Å². The predicted molar refractivity (Wildman–Crippen MR) is 269 cm³/mol. The minimum atomic E-state index is 0.841. The second-order valence-electron chi connectivity index (χ2n) is 17.3. The first kappa shape index (κ1) is 34.7. The van der Waals surface area contributed by atoms with Gasteiger partial charge in [-0.15, -0.1) is 0 Å². The van der Waals surface area contributed by atoms with Gasteiger partial charge in [0.2, 0.25) is 0 Å². The van der Waals surface area contributed by atoms with E-state index in [4.69, 9.17) is 8.83 Å². The molecule has 0 spiro atoms. The van der Waals surface area contributed by atoms with Gasteiger partial charge in [0.05, 0.1) is 33.1 Å². The van der Waals surface area contributed by atoms with E-state index in [0.29, 0.717) is 0 Å². The molecule has 0 saturated carbocycles. The van der Waals surface area contributed by atoms with Crippen LogP contribution in [0.2, 0.25) is 0 Å². The molecule has 5 nitrogen and oxygen atoms in total. The van der Waals surface area contributed by atoms with E-state index in [2.05, 4.69) is 226 Å². The number of furan rings is 2. The molecule has 0 aliphatic heterocycles. The second kappa shape index (κ2) is 12.9. The van der Waals surface area contributed by atoms with Crippen molar-refractivity contribution in [2.75, 3.05) is 0 Å². The lowest BCUT2D eigenvalue weighted by Crippen LogP contribution is -1.95. The molecule has 5 aromatic heterocycles. The number of aromatic nitrogens is 3. The van der Waals surface area contributed by atoms with Crippen molar-refractivity contribution in [3.8, 4) is 28.2 Å². The monoisotopic (exact) mass is 829 g/mol. The molecule has 0 amide bonds. The Bertz CT molecular complexity index is 4370. The lowest BCUT2D eigenvalue weighted by atomic mass is 10.00. The summed E-state index contributed by atoms with van der Waals surface area (Å²) in [5.74, 6) is 0. The summed E-state index contributed by atoms with van der Waals surface area (Å²) in [5, 5.41) is 11.6. The molecule has 0 aliphatic carbocycles. The highest BCUT2D eigenvalue weighted by Gasteiger charge is 2.20. The molecule has 0 bridgehead atoms. The topological polar surface area (TPSA) is 41.1 Å². The molecule has 5 heteroatoms. The smallest absolute Gasteiger partial charge is 0.136 e. The quantitative estimate of drug-likeness (QED) is 0.177. The normalized spacial score (nSPS) is 12.3. The second-order valence-corrected chi connectivity index (χ2v) is 17.3. The molecule has 65 heavy (non-hydrogen) atoms. The van der Waals surface area contributed by atoms with Crippen molar-refractivity contribution >= 4 is 109 Å². The third kappa shape index (κ3) is 4.87. The van der Waals surface area contributed by atoms with Crippen molar-refractivity contribution in [2.24, 2.45) is 0 Å². The summed E-state index contributed by atoms with van der Waals surface area (Å²) in [4.78, 5) is 0. The zero-order chi connectivity index (χ0) is 42.3. The maximum absolute atomic E-state index is 6.62. The van der Waals surface area contributed by atoms with Crippen molar-refractivity contribution in [2.45, 2.75) is 0 Å². The van der Waals surface area contributed by atoms with Gasteiger partial charge in [-0.05, 0) is 120 Å². The fourth-order valence-corrected chi connectivity index (χ4v) is 10.9. The maximum atomic E-state index is 6.62. The lowest BCUT2D eigenvalue weighted by molar-refractivity contribution is 0.664. The van der Waals surface area contributed by atoms with Crippen LogP contribution in [0, 0.1) is 0 Å². The van der Waals surface area contributed by atoms with Crippen LogP contribution in [-0.4, -0.2) is 13.7 Å². The molecular weight excluding hydrogens is 795 g/mol. The number of rotatable bonds is 4. The van der Waals surface area contributed by atoms with E-state index in [9.17, 15) is 0 Å². The summed E-state index contributed by atoms with van der Waals surface area (Å²) >= 11 is 0. The summed E-state index contributed by atoms with van der Waals surface area (Å²) < 4.78 is 20.4. The van der Waals surface area contributed by atoms with E-state index in [0.717, 1.165) is 77.6 Å². The average Bonchev–Trinajstić information content (AvgIpc) is 4.16. The van der Waals surface area contributed by atoms with Crippen LogP contribution in [0.4, 0.5) is 0 Å². The molecule has 15 rings (SSSR count). The molecule has 5 heterocycles. The molecule has 0 unspecified atom stereocenters. The van der Waals surface area contributed by atoms with Crippen LogP contribution in [0.25, 0.3) is 137 Å². The largest absolute Gasteiger partial charge is 0.456 e. The Morgan fingerprint density at radius 3 is 1.12 bits per heavy atom. The molecule has 302 valence electrons. The summed E-state index contributed by atoms with van der Waals surface area (Å²) in [6, 6.07) is 76.6. The molecule has 10 aromatic carbocycles. The highest BCUT2D eigenvalue weighted by atomic mass is 16.3. The SMILES string of the molecule is c1ccc(-n2c3ccc(-c4ccc5oc6cc7c(cc6c5c4)oc4ccc(-n5c6ccccc6c6ccccc65)cc47)cc3c3cc(-n4c5ccccc5c5ccccc54)ccc32)cc1. The Morgan fingerprint density at radius 1 is 0.215 bits per heavy atom. The van der Waals surface area contributed by atoms with Crippen LogP contribution in [0.1, 0.15) is 0 Å².